The van der Waals surface area contributed by atoms with Gasteiger partial charge in [0.1, 0.15) is 23.1 Å². The maximum absolute atomic E-state index is 11.8. The Hall–Kier alpha value is -2.49. The van der Waals surface area contributed by atoms with Gasteiger partial charge >= 0.3 is 6.09 Å². The van der Waals surface area contributed by atoms with Crippen LogP contribution in [-0.4, -0.2) is 35.9 Å². The van der Waals surface area contributed by atoms with Crippen molar-refractivity contribution in [1.29, 1.82) is 5.26 Å². The smallest absolute Gasteiger partial charge is 0.407 e. The van der Waals surface area contributed by atoms with E-state index in [1.807, 2.05) is 20.8 Å². The highest BCUT2D eigenvalue weighted by Crippen LogP contribution is 2.24. The van der Waals surface area contributed by atoms with Crippen molar-refractivity contribution < 1.29 is 14.3 Å². The number of hydrogen-bond donors (Lipinski definition) is 2. The van der Waals surface area contributed by atoms with Crippen molar-refractivity contribution in [3.63, 3.8) is 0 Å². The number of nitrogens with zero attached hydrogens (tertiary/aromatic N) is 2. The first-order valence-electron chi connectivity index (χ1n) is 8.52. The molecule has 0 unspecified atom stereocenters. The lowest BCUT2D eigenvalue weighted by Crippen LogP contribution is -2.42. The van der Waals surface area contributed by atoms with Crippen molar-refractivity contribution >= 4 is 11.9 Å². The summed E-state index contributed by atoms with van der Waals surface area (Å²) in [5.74, 6) is 1.02. The minimum atomic E-state index is -0.483. The molecule has 1 aromatic heterocycles. The number of ether oxygens (including phenoxy) is 2. The molecule has 0 atom stereocenters. The van der Waals surface area contributed by atoms with Gasteiger partial charge in [-0.2, -0.15) is 10.2 Å². The highest BCUT2D eigenvalue weighted by Gasteiger charge is 2.25. The molecule has 0 aliphatic heterocycles. The van der Waals surface area contributed by atoms with Crippen LogP contribution in [0.15, 0.2) is 12.1 Å². The molecule has 0 spiro atoms. The van der Waals surface area contributed by atoms with E-state index < -0.39 is 5.60 Å². The number of amides is 1. The zero-order chi connectivity index (χ0) is 18.4. The number of aromatic nitrogens is 1. The SMILES string of the molecule is COc1nc(NC2CCC(NC(=O)OC(C)(C)C)CC2)ccc1C#N. The minimum absolute atomic E-state index is 0.136. The molecule has 1 fully saturated rings. The average molecular weight is 346 g/mol. The molecule has 136 valence electrons. The predicted molar refractivity (Wildman–Crippen MR) is 94.5 cm³/mol. The van der Waals surface area contributed by atoms with Crippen LogP contribution in [0.2, 0.25) is 0 Å². The highest BCUT2D eigenvalue weighted by molar-refractivity contribution is 5.68. The number of hydrogen-bond acceptors (Lipinski definition) is 6. The Morgan fingerprint density at radius 2 is 1.88 bits per heavy atom. The van der Waals surface area contributed by atoms with E-state index in [1.54, 1.807) is 12.1 Å². The Bertz CT molecular complexity index is 641. The first kappa shape index (κ1) is 18.8. The average Bonchev–Trinajstić information content (AvgIpc) is 2.54. The Morgan fingerprint density at radius 1 is 1.24 bits per heavy atom. The summed E-state index contributed by atoms with van der Waals surface area (Å²) in [7, 11) is 1.50. The fourth-order valence-corrected chi connectivity index (χ4v) is 2.83. The van der Waals surface area contributed by atoms with Crippen LogP contribution in [-0.2, 0) is 4.74 Å². The zero-order valence-electron chi connectivity index (χ0n) is 15.3. The lowest BCUT2D eigenvalue weighted by Gasteiger charge is -2.30. The van der Waals surface area contributed by atoms with Crippen LogP contribution in [0.3, 0.4) is 0 Å². The van der Waals surface area contributed by atoms with E-state index in [4.69, 9.17) is 14.7 Å². The summed E-state index contributed by atoms with van der Waals surface area (Å²) in [4.78, 5) is 16.1. The van der Waals surface area contributed by atoms with Crippen molar-refractivity contribution in [2.45, 2.75) is 64.1 Å². The van der Waals surface area contributed by atoms with Gasteiger partial charge in [-0.3, -0.25) is 0 Å². The topological polar surface area (TPSA) is 96.3 Å². The molecule has 1 heterocycles. The Morgan fingerprint density at radius 3 is 2.44 bits per heavy atom. The first-order valence-corrected chi connectivity index (χ1v) is 8.52. The van der Waals surface area contributed by atoms with Gasteiger partial charge in [-0.25, -0.2) is 4.79 Å². The summed E-state index contributed by atoms with van der Waals surface area (Å²) in [6, 6.07) is 5.95. The number of nitriles is 1. The van der Waals surface area contributed by atoms with E-state index in [9.17, 15) is 4.79 Å². The maximum atomic E-state index is 11.8. The zero-order valence-corrected chi connectivity index (χ0v) is 15.3. The third kappa shape index (κ3) is 5.82. The Balaban J connectivity index is 1.83. The van der Waals surface area contributed by atoms with Crippen molar-refractivity contribution in [1.82, 2.24) is 10.3 Å². The van der Waals surface area contributed by atoms with Gasteiger partial charge in [-0.05, 0) is 58.6 Å². The van der Waals surface area contributed by atoms with Gasteiger partial charge in [-0.15, -0.1) is 0 Å². The third-order valence-electron chi connectivity index (χ3n) is 3.97. The van der Waals surface area contributed by atoms with Gasteiger partial charge in [0, 0.05) is 12.1 Å². The summed E-state index contributed by atoms with van der Waals surface area (Å²) < 4.78 is 10.4. The van der Waals surface area contributed by atoms with Crippen LogP contribution in [0.1, 0.15) is 52.0 Å². The number of nitrogens with one attached hydrogen (secondary N) is 2. The number of anilines is 1. The molecule has 1 aliphatic carbocycles. The van der Waals surface area contributed by atoms with E-state index in [0.29, 0.717) is 17.3 Å². The molecule has 1 saturated carbocycles. The van der Waals surface area contributed by atoms with Gasteiger partial charge < -0.3 is 20.1 Å². The summed E-state index contributed by atoms with van der Waals surface area (Å²) in [6.45, 7) is 5.56. The van der Waals surface area contributed by atoms with Crippen LogP contribution in [0, 0.1) is 11.3 Å². The highest BCUT2D eigenvalue weighted by atomic mass is 16.6. The molecular formula is C18H26N4O3. The third-order valence-corrected chi connectivity index (χ3v) is 3.97. The second-order valence-electron chi connectivity index (χ2n) is 7.20. The second kappa shape index (κ2) is 8.06. The Labute approximate surface area is 148 Å². The van der Waals surface area contributed by atoms with E-state index >= 15 is 0 Å². The van der Waals surface area contributed by atoms with Crippen molar-refractivity contribution in [2.75, 3.05) is 12.4 Å². The molecule has 0 radical (unpaired) electrons. The van der Waals surface area contributed by atoms with E-state index in [0.717, 1.165) is 25.7 Å². The van der Waals surface area contributed by atoms with Crippen molar-refractivity contribution in [2.24, 2.45) is 0 Å². The van der Waals surface area contributed by atoms with Crippen LogP contribution in [0.25, 0.3) is 0 Å². The normalized spacial score (nSPS) is 20.3. The number of rotatable bonds is 4. The summed E-state index contributed by atoms with van der Waals surface area (Å²) in [6.07, 6.45) is 3.24. The minimum Gasteiger partial charge on any atom is -0.480 e. The summed E-state index contributed by atoms with van der Waals surface area (Å²) in [5, 5.41) is 15.3. The van der Waals surface area contributed by atoms with Crippen LogP contribution >= 0.6 is 0 Å². The first-order chi connectivity index (χ1) is 11.8. The van der Waals surface area contributed by atoms with Crippen LogP contribution in [0.5, 0.6) is 5.88 Å². The van der Waals surface area contributed by atoms with Gasteiger partial charge in [-0.1, -0.05) is 0 Å². The van der Waals surface area contributed by atoms with Gasteiger partial charge in [0.15, 0.2) is 0 Å². The molecule has 1 amide bonds. The maximum Gasteiger partial charge on any atom is 0.407 e. The summed E-state index contributed by atoms with van der Waals surface area (Å²) in [5.41, 5.74) is -0.0679. The quantitative estimate of drug-likeness (QED) is 0.869. The standard InChI is InChI=1S/C18H26N4O3/c1-18(2,3)25-17(23)21-14-8-6-13(7-9-14)20-15-10-5-12(11-19)16(22-15)24-4/h5,10,13-14H,6-9H2,1-4H3,(H,20,22)(H,21,23). The number of alkyl carbamates (subject to hydrolysis) is 1. The molecule has 2 rings (SSSR count). The predicted octanol–water partition coefficient (Wildman–Crippen LogP) is 3.21. The monoisotopic (exact) mass is 346 g/mol. The molecular weight excluding hydrogens is 320 g/mol. The molecule has 0 saturated heterocycles. The Kier molecular flexibility index (Phi) is 6.07. The van der Waals surface area contributed by atoms with Crippen molar-refractivity contribution in [3.8, 4) is 11.9 Å². The second-order valence-corrected chi connectivity index (χ2v) is 7.20. The van der Waals surface area contributed by atoms with Crippen molar-refractivity contribution in [3.05, 3.63) is 17.7 Å². The largest absolute Gasteiger partial charge is 0.480 e. The number of carbonyl (C=O) groups excluding carboxylic acids is 1. The fourth-order valence-electron chi connectivity index (χ4n) is 2.83. The molecule has 7 nitrogen and oxygen atoms in total. The van der Waals surface area contributed by atoms with Gasteiger partial charge in [0.2, 0.25) is 5.88 Å². The van der Waals surface area contributed by atoms with E-state index in [2.05, 4.69) is 21.7 Å². The lowest BCUT2D eigenvalue weighted by molar-refractivity contribution is 0.0492. The molecule has 1 aromatic rings. The fraction of sp³-hybridized carbons (Fsp3) is 0.611. The van der Waals surface area contributed by atoms with Gasteiger partial charge in [0.25, 0.3) is 0 Å². The lowest BCUT2D eigenvalue weighted by atomic mass is 9.91. The molecule has 7 heteroatoms. The molecule has 0 bridgehead atoms. The molecule has 25 heavy (non-hydrogen) atoms. The molecule has 0 aromatic carbocycles. The van der Waals surface area contributed by atoms with E-state index in [1.165, 1.54) is 7.11 Å². The van der Waals surface area contributed by atoms with E-state index in [-0.39, 0.29) is 18.2 Å². The van der Waals surface area contributed by atoms with Crippen LogP contribution in [0.4, 0.5) is 10.6 Å². The number of carbonyl (C=O) groups is 1. The molecule has 2 N–H and O–H groups in total. The van der Waals surface area contributed by atoms with Crippen LogP contribution < -0.4 is 15.4 Å². The van der Waals surface area contributed by atoms with Gasteiger partial charge in [0.05, 0.1) is 7.11 Å². The number of methoxy groups -OCH3 is 1. The summed E-state index contributed by atoms with van der Waals surface area (Å²) >= 11 is 0. The molecule has 1 aliphatic rings. The number of pyridine rings is 1.